The second-order valence-electron chi connectivity index (χ2n) is 5.80. The van der Waals surface area contributed by atoms with Gasteiger partial charge in [-0.3, -0.25) is 9.88 Å². The summed E-state index contributed by atoms with van der Waals surface area (Å²) in [6, 6.07) is 19.0. The number of ether oxygens (including phenoxy) is 1. The van der Waals surface area contributed by atoms with Crippen LogP contribution < -0.4 is 10.6 Å². The molecule has 3 rings (SSSR count). The predicted octanol–water partition coefficient (Wildman–Crippen LogP) is 4.23. The van der Waals surface area contributed by atoms with Gasteiger partial charge in [0.05, 0.1) is 17.9 Å². The van der Waals surface area contributed by atoms with E-state index in [0.29, 0.717) is 24.0 Å². The lowest BCUT2D eigenvalue weighted by molar-refractivity contribution is 0.292. The molecule has 130 valence electrons. The van der Waals surface area contributed by atoms with Crippen LogP contribution in [0.2, 0.25) is 0 Å². The fraction of sp³-hybridized carbons (Fsp3) is 0.0952. The van der Waals surface area contributed by atoms with Crippen molar-refractivity contribution in [2.45, 2.75) is 13.2 Å². The Morgan fingerprint density at radius 1 is 1.04 bits per heavy atom. The number of benzene rings is 2. The average molecular weight is 361 g/mol. The number of para-hydroxylation sites is 2. The van der Waals surface area contributed by atoms with Gasteiger partial charge in [0.1, 0.15) is 6.61 Å². The first-order chi connectivity index (χ1) is 12.6. The van der Waals surface area contributed by atoms with Gasteiger partial charge in [0.15, 0.2) is 0 Å². The molecule has 3 aromatic rings. The van der Waals surface area contributed by atoms with Crippen molar-refractivity contribution in [2.24, 2.45) is 0 Å². The number of hydrogen-bond donors (Lipinski definition) is 1. The number of thiocarbonyl (C=S) groups is 1. The number of nitrogen functional groups attached to an aromatic ring is 1. The topological polar surface area (TPSA) is 51.4 Å². The minimum atomic E-state index is 0.345. The van der Waals surface area contributed by atoms with E-state index in [-0.39, 0.29) is 0 Å². The van der Waals surface area contributed by atoms with Crippen molar-refractivity contribution in [3.05, 3.63) is 96.7 Å². The SMILES string of the molecule is [CH]c1ccc(CN(C(=S)OCc2cccnc2)c2ccccc2N)cc1. The van der Waals surface area contributed by atoms with Crippen molar-refractivity contribution in [3.8, 4) is 0 Å². The Bertz CT molecular complexity index is 866. The van der Waals surface area contributed by atoms with Crippen molar-refractivity contribution < 1.29 is 4.74 Å². The maximum absolute atomic E-state index is 6.16. The minimum absolute atomic E-state index is 0.345. The number of pyridine rings is 1. The van der Waals surface area contributed by atoms with Crippen molar-refractivity contribution in [1.82, 2.24) is 4.98 Å². The molecule has 1 heterocycles. The lowest BCUT2D eigenvalue weighted by atomic mass is 10.1. The molecule has 0 saturated heterocycles. The minimum Gasteiger partial charge on any atom is -0.466 e. The third kappa shape index (κ3) is 4.58. The first-order valence-electron chi connectivity index (χ1n) is 8.15. The largest absolute Gasteiger partial charge is 0.466 e. The third-order valence-electron chi connectivity index (χ3n) is 3.85. The Kier molecular flexibility index (Phi) is 5.81. The number of nitrogens with zero attached hydrogens (tertiary/aromatic N) is 2. The van der Waals surface area contributed by atoms with Gasteiger partial charge in [-0.25, -0.2) is 0 Å². The molecule has 0 unspecified atom stereocenters. The molecule has 5 heteroatoms. The fourth-order valence-electron chi connectivity index (χ4n) is 2.49. The van der Waals surface area contributed by atoms with Gasteiger partial charge < -0.3 is 10.5 Å². The molecule has 0 spiro atoms. The van der Waals surface area contributed by atoms with Gasteiger partial charge in [-0.2, -0.15) is 0 Å². The van der Waals surface area contributed by atoms with Crippen LogP contribution in [-0.4, -0.2) is 10.2 Å². The molecule has 2 aromatic carbocycles. The summed E-state index contributed by atoms with van der Waals surface area (Å²) in [5, 5.41) is 0.351. The molecule has 0 atom stereocenters. The summed E-state index contributed by atoms with van der Waals surface area (Å²) in [6.45, 7) is 6.65. The standard InChI is InChI=1S/C21H19N3OS/c1-16-8-10-17(11-9-16)14-24(20-7-3-2-6-19(20)22)21(26)25-15-18-5-4-12-23-13-18/h1-13H,14-15,22H2. The molecule has 1 aromatic heterocycles. The fourth-order valence-corrected chi connectivity index (χ4v) is 2.72. The van der Waals surface area contributed by atoms with Crippen LogP contribution in [0.1, 0.15) is 16.7 Å². The summed E-state index contributed by atoms with van der Waals surface area (Å²) in [6.07, 6.45) is 3.48. The van der Waals surface area contributed by atoms with Crippen molar-refractivity contribution >= 4 is 28.8 Å². The molecule has 2 N–H and O–H groups in total. The first kappa shape index (κ1) is 17.9. The van der Waals surface area contributed by atoms with Gasteiger partial charge in [0.2, 0.25) is 0 Å². The van der Waals surface area contributed by atoms with E-state index in [0.717, 1.165) is 22.4 Å². The number of hydrogen-bond acceptors (Lipinski definition) is 4. The lowest BCUT2D eigenvalue weighted by Gasteiger charge is -2.26. The number of rotatable bonds is 5. The molecule has 0 fully saturated rings. The Hall–Kier alpha value is -2.92. The zero-order valence-corrected chi connectivity index (χ0v) is 15.0. The van der Waals surface area contributed by atoms with E-state index < -0.39 is 0 Å². The van der Waals surface area contributed by atoms with Gasteiger partial charge in [0, 0.05) is 18.0 Å². The molecule has 0 aliphatic heterocycles. The van der Waals surface area contributed by atoms with Crippen LogP contribution in [-0.2, 0) is 17.9 Å². The second kappa shape index (κ2) is 8.45. The molecule has 0 aliphatic rings. The van der Waals surface area contributed by atoms with Crippen LogP contribution >= 0.6 is 12.2 Å². The Labute approximate surface area is 159 Å². The summed E-state index contributed by atoms with van der Waals surface area (Å²) >= 11 is 5.54. The first-order valence-corrected chi connectivity index (χ1v) is 8.56. The van der Waals surface area contributed by atoms with Gasteiger partial charge in [0.25, 0.3) is 5.17 Å². The zero-order chi connectivity index (χ0) is 18.4. The summed E-state index contributed by atoms with van der Waals surface area (Å²) in [5.74, 6) is 0. The smallest absolute Gasteiger partial charge is 0.264 e. The van der Waals surface area contributed by atoms with Gasteiger partial charge in [-0.15, -0.1) is 0 Å². The van der Waals surface area contributed by atoms with Gasteiger partial charge >= 0.3 is 0 Å². The van der Waals surface area contributed by atoms with Gasteiger partial charge in [-0.1, -0.05) is 42.5 Å². The highest BCUT2D eigenvalue weighted by Gasteiger charge is 2.16. The molecule has 4 nitrogen and oxygen atoms in total. The Morgan fingerprint density at radius 2 is 1.81 bits per heavy atom. The maximum Gasteiger partial charge on any atom is 0.264 e. The average Bonchev–Trinajstić information content (AvgIpc) is 2.67. The van der Waals surface area contributed by atoms with Crippen molar-refractivity contribution in [1.29, 1.82) is 0 Å². The second-order valence-corrected chi connectivity index (χ2v) is 6.15. The Morgan fingerprint density at radius 3 is 2.50 bits per heavy atom. The Balaban J connectivity index is 1.81. The number of aromatic nitrogens is 1. The predicted molar refractivity (Wildman–Crippen MR) is 109 cm³/mol. The summed E-state index contributed by atoms with van der Waals surface area (Å²) < 4.78 is 5.83. The van der Waals surface area contributed by atoms with Crippen LogP contribution in [0.3, 0.4) is 0 Å². The van der Waals surface area contributed by atoms with Crippen molar-refractivity contribution in [2.75, 3.05) is 10.6 Å². The van der Waals surface area contributed by atoms with E-state index >= 15 is 0 Å². The van der Waals surface area contributed by atoms with Crippen LogP contribution in [0.15, 0.2) is 73.1 Å². The van der Waals surface area contributed by atoms with Gasteiger partial charge in [-0.05, 0) is 48.5 Å². The van der Waals surface area contributed by atoms with E-state index in [2.05, 4.69) is 4.98 Å². The van der Waals surface area contributed by atoms with E-state index in [1.807, 2.05) is 65.6 Å². The maximum atomic E-state index is 6.16. The molecule has 2 radical (unpaired) electrons. The summed E-state index contributed by atoms with van der Waals surface area (Å²) in [7, 11) is 0. The number of anilines is 2. The van der Waals surface area contributed by atoms with Crippen molar-refractivity contribution in [3.63, 3.8) is 0 Å². The zero-order valence-electron chi connectivity index (χ0n) is 14.2. The quantitative estimate of drug-likeness (QED) is 0.544. The summed E-state index contributed by atoms with van der Waals surface area (Å²) in [5.41, 5.74) is 10.3. The van der Waals surface area contributed by atoms with E-state index in [9.17, 15) is 0 Å². The van der Waals surface area contributed by atoms with Crippen LogP contribution in [0.5, 0.6) is 0 Å². The normalized spacial score (nSPS) is 10.3. The highest BCUT2D eigenvalue weighted by atomic mass is 32.1. The molecule has 0 aliphatic carbocycles. The molecule has 0 amide bonds. The number of nitrogens with two attached hydrogens (primary N) is 1. The van der Waals surface area contributed by atoms with E-state index in [4.69, 9.17) is 29.6 Å². The molecule has 26 heavy (non-hydrogen) atoms. The molecular weight excluding hydrogens is 342 g/mol. The van der Waals surface area contributed by atoms with Crippen LogP contribution in [0.4, 0.5) is 11.4 Å². The van der Waals surface area contributed by atoms with E-state index in [1.165, 1.54) is 0 Å². The lowest BCUT2D eigenvalue weighted by Crippen LogP contribution is -2.31. The summed E-state index contributed by atoms with van der Waals surface area (Å²) in [4.78, 5) is 5.97. The van der Waals surface area contributed by atoms with Crippen LogP contribution in [0.25, 0.3) is 0 Å². The molecule has 0 saturated carbocycles. The van der Waals surface area contributed by atoms with E-state index in [1.54, 1.807) is 12.4 Å². The van der Waals surface area contributed by atoms with Crippen LogP contribution in [0, 0.1) is 6.92 Å². The monoisotopic (exact) mass is 361 g/mol. The highest BCUT2D eigenvalue weighted by molar-refractivity contribution is 7.80. The molecule has 0 bridgehead atoms. The third-order valence-corrected chi connectivity index (χ3v) is 4.19. The molecular formula is C21H19N3OS. The highest BCUT2D eigenvalue weighted by Crippen LogP contribution is 2.25.